The van der Waals surface area contributed by atoms with E-state index in [2.05, 4.69) is 57.6 Å². The monoisotopic (exact) mass is 421 g/mol. The van der Waals surface area contributed by atoms with E-state index in [4.69, 9.17) is 0 Å². The molecule has 0 spiro atoms. The number of nitrogens with zero attached hydrogens (tertiary/aromatic N) is 3. The van der Waals surface area contributed by atoms with Gasteiger partial charge in [0.2, 0.25) is 0 Å². The molecule has 2 amide bonds. The number of likely N-dealkylation sites (N-methyl/N-ethyl adjacent to an activating group) is 2. The van der Waals surface area contributed by atoms with Crippen LogP contribution in [-0.2, 0) is 16.0 Å². The highest BCUT2D eigenvalue weighted by atomic mass is 16.2. The standard InChI is InChI=1S/C24H31N5O2/c1-27-12-14-29(15-13-27)22(18-8-9-21-19(16-18)10-11-28(21)2)17-25-23(30)24(31)26-20-6-4-3-5-7-20/h3-9,16,22H,10-15,17H2,1-2H3,(H,25,30)(H,26,31)/t22-/m0/s1. The molecule has 0 radical (unpaired) electrons. The van der Waals surface area contributed by atoms with Crippen LogP contribution in [0, 0.1) is 0 Å². The number of nitrogens with one attached hydrogen (secondary N) is 2. The van der Waals surface area contributed by atoms with Crippen molar-refractivity contribution in [2.45, 2.75) is 12.5 Å². The van der Waals surface area contributed by atoms with Crippen molar-refractivity contribution in [1.82, 2.24) is 15.1 Å². The first-order chi connectivity index (χ1) is 15.0. The van der Waals surface area contributed by atoms with Crippen LogP contribution in [-0.4, -0.2) is 75.0 Å². The van der Waals surface area contributed by atoms with Gasteiger partial charge in [-0.2, -0.15) is 0 Å². The average Bonchev–Trinajstić information content (AvgIpc) is 3.16. The molecule has 2 heterocycles. The second-order valence-corrected chi connectivity index (χ2v) is 8.44. The molecule has 0 saturated carbocycles. The van der Waals surface area contributed by atoms with Crippen molar-refractivity contribution < 1.29 is 9.59 Å². The van der Waals surface area contributed by atoms with Crippen LogP contribution in [0.4, 0.5) is 11.4 Å². The second kappa shape index (κ2) is 9.49. The molecule has 2 aliphatic heterocycles. The third-order valence-electron chi connectivity index (χ3n) is 6.29. The number of fused-ring (bicyclic) bond motifs is 1. The summed E-state index contributed by atoms with van der Waals surface area (Å²) >= 11 is 0. The lowest BCUT2D eigenvalue weighted by Gasteiger charge is -2.38. The summed E-state index contributed by atoms with van der Waals surface area (Å²) in [4.78, 5) is 31.8. The van der Waals surface area contributed by atoms with E-state index in [1.54, 1.807) is 12.1 Å². The maximum Gasteiger partial charge on any atom is 0.313 e. The van der Waals surface area contributed by atoms with Crippen molar-refractivity contribution in [2.75, 3.05) is 63.6 Å². The van der Waals surface area contributed by atoms with Gasteiger partial charge < -0.3 is 20.4 Å². The highest BCUT2D eigenvalue weighted by Gasteiger charge is 2.27. The van der Waals surface area contributed by atoms with Crippen molar-refractivity contribution in [3.05, 3.63) is 59.7 Å². The lowest BCUT2D eigenvalue weighted by molar-refractivity contribution is -0.136. The van der Waals surface area contributed by atoms with Crippen LogP contribution in [0.2, 0.25) is 0 Å². The number of piperazine rings is 1. The predicted octanol–water partition coefficient (Wildman–Crippen LogP) is 1.72. The third kappa shape index (κ3) is 5.06. The Kier molecular flexibility index (Phi) is 6.53. The molecule has 7 nitrogen and oxygen atoms in total. The summed E-state index contributed by atoms with van der Waals surface area (Å²) in [6.45, 7) is 5.29. The number of hydrogen-bond donors (Lipinski definition) is 2. The van der Waals surface area contributed by atoms with E-state index in [0.717, 1.165) is 39.1 Å². The second-order valence-electron chi connectivity index (χ2n) is 8.44. The minimum absolute atomic E-state index is 0.0402. The topological polar surface area (TPSA) is 67.9 Å². The van der Waals surface area contributed by atoms with Gasteiger partial charge in [-0.15, -0.1) is 0 Å². The Morgan fingerprint density at radius 2 is 1.68 bits per heavy atom. The molecule has 1 saturated heterocycles. The van der Waals surface area contributed by atoms with Gasteiger partial charge in [0.25, 0.3) is 0 Å². The van der Waals surface area contributed by atoms with Gasteiger partial charge in [-0.1, -0.05) is 30.3 Å². The van der Waals surface area contributed by atoms with Gasteiger partial charge in [0.15, 0.2) is 0 Å². The van der Waals surface area contributed by atoms with E-state index in [1.165, 1.54) is 16.8 Å². The summed E-state index contributed by atoms with van der Waals surface area (Å²) in [5.41, 5.74) is 4.45. The molecule has 1 atom stereocenters. The zero-order valence-electron chi connectivity index (χ0n) is 18.3. The van der Waals surface area contributed by atoms with E-state index in [-0.39, 0.29) is 6.04 Å². The van der Waals surface area contributed by atoms with Crippen molar-refractivity contribution in [3.63, 3.8) is 0 Å². The largest absolute Gasteiger partial charge is 0.374 e. The molecule has 4 rings (SSSR count). The van der Waals surface area contributed by atoms with E-state index >= 15 is 0 Å². The van der Waals surface area contributed by atoms with Crippen LogP contribution in [0.5, 0.6) is 0 Å². The number of anilines is 2. The molecule has 1 fully saturated rings. The van der Waals surface area contributed by atoms with Crippen LogP contribution in [0.3, 0.4) is 0 Å². The summed E-state index contributed by atoms with van der Waals surface area (Å²) in [7, 11) is 4.25. The SMILES string of the molecule is CN1CCN([C@@H](CNC(=O)C(=O)Nc2ccccc2)c2ccc3c(c2)CCN3C)CC1. The lowest BCUT2D eigenvalue weighted by atomic mass is 10.00. The van der Waals surface area contributed by atoms with Gasteiger partial charge >= 0.3 is 11.8 Å². The van der Waals surface area contributed by atoms with Crippen molar-refractivity contribution in [2.24, 2.45) is 0 Å². The highest BCUT2D eigenvalue weighted by molar-refractivity contribution is 6.39. The molecule has 2 aromatic carbocycles. The molecule has 0 aliphatic carbocycles. The number of para-hydroxylation sites is 1. The lowest BCUT2D eigenvalue weighted by Crippen LogP contribution is -2.49. The molecule has 7 heteroatoms. The minimum atomic E-state index is -0.640. The Balaban J connectivity index is 1.46. The number of hydrogen-bond acceptors (Lipinski definition) is 5. The van der Waals surface area contributed by atoms with E-state index in [1.807, 2.05) is 18.2 Å². The number of carbonyl (C=O) groups is 2. The van der Waals surface area contributed by atoms with Gasteiger partial charge in [-0.05, 0) is 42.8 Å². The Labute approximate surface area is 184 Å². The number of rotatable bonds is 5. The fourth-order valence-electron chi connectivity index (χ4n) is 4.36. The van der Waals surface area contributed by atoms with Gasteiger partial charge in [-0.3, -0.25) is 14.5 Å². The Hall–Kier alpha value is -2.90. The smallest absolute Gasteiger partial charge is 0.313 e. The van der Waals surface area contributed by atoms with Gasteiger partial charge in [0.1, 0.15) is 0 Å². The summed E-state index contributed by atoms with van der Waals surface area (Å²) in [6, 6.07) is 15.7. The van der Waals surface area contributed by atoms with Crippen LogP contribution in [0.1, 0.15) is 17.2 Å². The van der Waals surface area contributed by atoms with Gasteiger partial charge in [0.05, 0.1) is 6.04 Å². The van der Waals surface area contributed by atoms with Crippen molar-refractivity contribution in [3.8, 4) is 0 Å². The molecule has 2 N–H and O–H groups in total. The quantitative estimate of drug-likeness (QED) is 0.720. The molecule has 0 unspecified atom stereocenters. The zero-order valence-corrected chi connectivity index (χ0v) is 18.3. The van der Waals surface area contributed by atoms with Crippen molar-refractivity contribution >= 4 is 23.2 Å². The minimum Gasteiger partial charge on any atom is -0.374 e. The first-order valence-electron chi connectivity index (χ1n) is 10.9. The molecular formula is C24H31N5O2. The first-order valence-corrected chi connectivity index (χ1v) is 10.9. The van der Waals surface area contributed by atoms with E-state index in [9.17, 15) is 9.59 Å². The first kappa shape index (κ1) is 21.3. The normalized spacial score (nSPS) is 17.8. The summed E-state index contributed by atoms with van der Waals surface area (Å²) in [6.07, 6.45) is 1.04. The van der Waals surface area contributed by atoms with E-state index in [0.29, 0.717) is 12.2 Å². The fourth-order valence-corrected chi connectivity index (χ4v) is 4.36. The molecule has 31 heavy (non-hydrogen) atoms. The predicted molar refractivity (Wildman–Crippen MR) is 123 cm³/mol. The number of carbonyl (C=O) groups excluding carboxylic acids is 2. The van der Waals surface area contributed by atoms with Crippen LogP contribution in [0.25, 0.3) is 0 Å². The van der Waals surface area contributed by atoms with Crippen LogP contribution >= 0.6 is 0 Å². The zero-order chi connectivity index (χ0) is 21.8. The summed E-state index contributed by atoms with van der Waals surface area (Å²) in [5.74, 6) is -1.25. The van der Waals surface area contributed by atoms with Crippen molar-refractivity contribution in [1.29, 1.82) is 0 Å². The molecule has 164 valence electrons. The molecule has 2 aromatic rings. The summed E-state index contributed by atoms with van der Waals surface area (Å²) in [5, 5.41) is 5.52. The Bertz CT molecular complexity index is 925. The van der Waals surface area contributed by atoms with Gasteiger partial charge in [-0.25, -0.2) is 0 Å². The highest BCUT2D eigenvalue weighted by Crippen LogP contribution is 2.31. The Morgan fingerprint density at radius 1 is 0.935 bits per heavy atom. The number of amides is 2. The maximum atomic E-state index is 12.5. The molecular weight excluding hydrogens is 390 g/mol. The number of benzene rings is 2. The molecule has 0 bridgehead atoms. The Morgan fingerprint density at radius 3 is 2.42 bits per heavy atom. The molecule has 2 aliphatic rings. The maximum absolute atomic E-state index is 12.5. The summed E-state index contributed by atoms with van der Waals surface area (Å²) < 4.78 is 0. The van der Waals surface area contributed by atoms with Crippen LogP contribution in [0.15, 0.2) is 48.5 Å². The average molecular weight is 422 g/mol. The third-order valence-corrected chi connectivity index (χ3v) is 6.29. The molecule has 0 aromatic heterocycles. The van der Waals surface area contributed by atoms with Crippen LogP contribution < -0.4 is 15.5 Å². The fraction of sp³-hybridized carbons (Fsp3) is 0.417. The van der Waals surface area contributed by atoms with Gasteiger partial charge in [0, 0.05) is 57.7 Å². The van der Waals surface area contributed by atoms with E-state index < -0.39 is 11.8 Å².